The number of imidazole rings is 1. The van der Waals surface area contributed by atoms with Crippen molar-refractivity contribution in [3.05, 3.63) is 47.5 Å². The minimum atomic E-state index is -0.111. The van der Waals surface area contributed by atoms with E-state index in [0.717, 1.165) is 22.4 Å². The van der Waals surface area contributed by atoms with Crippen molar-refractivity contribution < 1.29 is 0 Å². The summed E-state index contributed by atoms with van der Waals surface area (Å²) in [5.41, 5.74) is 9.55. The predicted molar refractivity (Wildman–Crippen MR) is 89.6 cm³/mol. The molecule has 108 valence electrons. The number of rotatable bonds is 1. The Hall–Kier alpha value is -2.00. The Labute approximate surface area is 129 Å². The van der Waals surface area contributed by atoms with Crippen LogP contribution in [0.15, 0.2) is 42.5 Å². The van der Waals surface area contributed by atoms with Crippen LogP contribution in [0.2, 0.25) is 5.02 Å². The number of nitrogens with zero attached hydrogens (tertiary/aromatic N) is 2. The molecule has 2 aromatic carbocycles. The number of hydrogen-bond donors (Lipinski definition) is 1. The molecule has 0 saturated heterocycles. The molecule has 0 fully saturated rings. The van der Waals surface area contributed by atoms with Gasteiger partial charge in [-0.1, -0.05) is 29.8 Å². The Bertz CT molecular complexity index is 813. The number of hydrogen-bond acceptors (Lipinski definition) is 2. The van der Waals surface area contributed by atoms with Crippen molar-refractivity contribution in [3.63, 3.8) is 0 Å². The molecule has 0 saturated carbocycles. The summed E-state index contributed by atoms with van der Waals surface area (Å²) in [6, 6.07) is 13.8. The van der Waals surface area contributed by atoms with Gasteiger partial charge < -0.3 is 10.3 Å². The zero-order valence-electron chi connectivity index (χ0n) is 12.4. The van der Waals surface area contributed by atoms with Gasteiger partial charge >= 0.3 is 0 Å². The topological polar surface area (TPSA) is 43.8 Å². The number of benzene rings is 2. The smallest absolute Gasteiger partial charge is 0.143 e. The van der Waals surface area contributed by atoms with Crippen molar-refractivity contribution in [2.75, 3.05) is 5.73 Å². The number of nitrogens with two attached hydrogens (primary N) is 1. The molecule has 0 aliphatic heterocycles. The van der Waals surface area contributed by atoms with Crippen LogP contribution in [0.4, 0.5) is 5.69 Å². The molecule has 0 aliphatic carbocycles. The molecule has 3 rings (SSSR count). The monoisotopic (exact) mass is 299 g/mol. The van der Waals surface area contributed by atoms with E-state index >= 15 is 0 Å². The number of aromatic nitrogens is 2. The first kappa shape index (κ1) is 14.0. The summed E-state index contributed by atoms with van der Waals surface area (Å²) >= 11 is 6.17. The molecule has 0 aliphatic rings. The lowest BCUT2D eigenvalue weighted by Gasteiger charge is -2.25. The first-order valence-electron chi connectivity index (χ1n) is 6.92. The van der Waals surface area contributed by atoms with E-state index in [1.807, 2.05) is 30.3 Å². The van der Waals surface area contributed by atoms with Crippen molar-refractivity contribution in [1.29, 1.82) is 0 Å². The standard InChI is InChI=1S/C17H18ClN3/c1-17(2,3)21-14-10-5-4-9-13(14)20-16(21)11-7-6-8-12(18)15(11)19/h4-10H,19H2,1-3H3. The van der Waals surface area contributed by atoms with Crippen LogP contribution >= 0.6 is 11.6 Å². The average molecular weight is 300 g/mol. The molecule has 0 bridgehead atoms. The Kier molecular flexibility index (Phi) is 3.18. The van der Waals surface area contributed by atoms with Gasteiger partial charge in [0.15, 0.2) is 0 Å². The zero-order valence-corrected chi connectivity index (χ0v) is 13.1. The van der Waals surface area contributed by atoms with E-state index in [4.69, 9.17) is 22.3 Å². The highest BCUT2D eigenvalue weighted by molar-refractivity contribution is 6.33. The molecule has 2 N–H and O–H groups in total. The molecule has 0 amide bonds. The maximum absolute atomic E-state index is 6.17. The summed E-state index contributed by atoms with van der Waals surface area (Å²) in [4.78, 5) is 4.78. The maximum Gasteiger partial charge on any atom is 0.143 e. The van der Waals surface area contributed by atoms with Gasteiger partial charge in [-0.15, -0.1) is 0 Å². The summed E-state index contributed by atoms with van der Waals surface area (Å²) in [5.74, 6) is 0.851. The first-order chi connectivity index (χ1) is 9.89. The fourth-order valence-electron chi connectivity index (χ4n) is 2.62. The van der Waals surface area contributed by atoms with E-state index in [1.54, 1.807) is 6.07 Å². The highest BCUT2D eigenvalue weighted by Crippen LogP contribution is 2.36. The third kappa shape index (κ3) is 2.28. The van der Waals surface area contributed by atoms with Gasteiger partial charge in [0, 0.05) is 11.1 Å². The number of para-hydroxylation sites is 3. The van der Waals surface area contributed by atoms with Gasteiger partial charge in [0.2, 0.25) is 0 Å². The minimum Gasteiger partial charge on any atom is -0.397 e. The SMILES string of the molecule is CC(C)(C)n1c(-c2cccc(Cl)c2N)nc2ccccc21. The van der Waals surface area contributed by atoms with Gasteiger partial charge in [0.25, 0.3) is 0 Å². The van der Waals surface area contributed by atoms with Crippen LogP contribution in [-0.4, -0.2) is 9.55 Å². The molecule has 0 spiro atoms. The summed E-state index contributed by atoms with van der Waals surface area (Å²) < 4.78 is 2.21. The molecular formula is C17H18ClN3. The van der Waals surface area contributed by atoms with Crippen LogP contribution in [-0.2, 0) is 5.54 Å². The van der Waals surface area contributed by atoms with E-state index < -0.39 is 0 Å². The molecular weight excluding hydrogens is 282 g/mol. The predicted octanol–water partition coefficient (Wildman–Crippen LogP) is 4.69. The average Bonchev–Trinajstić information content (AvgIpc) is 2.80. The fourth-order valence-corrected chi connectivity index (χ4v) is 2.79. The summed E-state index contributed by atoms with van der Waals surface area (Å²) in [7, 11) is 0. The molecule has 3 aromatic rings. The van der Waals surface area contributed by atoms with Crippen LogP contribution in [0, 0.1) is 0 Å². The van der Waals surface area contributed by atoms with Crippen molar-refractivity contribution in [3.8, 4) is 11.4 Å². The Morgan fingerprint density at radius 2 is 1.76 bits per heavy atom. The van der Waals surface area contributed by atoms with Gasteiger partial charge in [-0.05, 0) is 45.0 Å². The molecule has 0 unspecified atom stereocenters. The second kappa shape index (κ2) is 4.78. The number of anilines is 1. The maximum atomic E-state index is 6.17. The Morgan fingerprint density at radius 3 is 2.48 bits per heavy atom. The lowest BCUT2D eigenvalue weighted by atomic mass is 10.1. The van der Waals surface area contributed by atoms with E-state index in [2.05, 4.69) is 31.4 Å². The quantitative estimate of drug-likeness (QED) is 0.662. The molecule has 1 heterocycles. The van der Waals surface area contributed by atoms with Gasteiger partial charge in [0.1, 0.15) is 5.82 Å². The fraction of sp³-hybridized carbons (Fsp3) is 0.235. The molecule has 21 heavy (non-hydrogen) atoms. The molecule has 1 aromatic heterocycles. The van der Waals surface area contributed by atoms with Gasteiger partial charge in [-0.25, -0.2) is 4.98 Å². The Balaban J connectivity index is 2.40. The van der Waals surface area contributed by atoms with Crippen LogP contribution in [0.25, 0.3) is 22.4 Å². The second-order valence-electron chi connectivity index (χ2n) is 6.13. The Morgan fingerprint density at radius 1 is 1.05 bits per heavy atom. The first-order valence-corrected chi connectivity index (χ1v) is 7.30. The summed E-state index contributed by atoms with van der Waals surface area (Å²) in [6.07, 6.45) is 0. The van der Waals surface area contributed by atoms with Gasteiger partial charge in [-0.3, -0.25) is 0 Å². The summed E-state index contributed by atoms with van der Waals surface area (Å²) in [6.45, 7) is 6.47. The van der Waals surface area contributed by atoms with Crippen LogP contribution in [0.5, 0.6) is 0 Å². The molecule has 0 atom stereocenters. The van der Waals surface area contributed by atoms with E-state index in [0.29, 0.717) is 10.7 Å². The molecule has 4 heteroatoms. The van der Waals surface area contributed by atoms with E-state index in [-0.39, 0.29) is 5.54 Å². The largest absolute Gasteiger partial charge is 0.397 e. The lowest BCUT2D eigenvalue weighted by Crippen LogP contribution is -2.22. The highest BCUT2D eigenvalue weighted by Gasteiger charge is 2.23. The third-order valence-electron chi connectivity index (χ3n) is 3.53. The van der Waals surface area contributed by atoms with Crippen molar-refractivity contribution >= 4 is 28.3 Å². The lowest BCUT2D eigenvalue weighted by molar-refractivity contribution is 0.413. The normalized spacial score (nSPS) is 12.0. The van der Waals surface area contributed by atoms with Gasteiger partial charge in [-0.2, -0.15) is 0 Å². The minimum absolute atomic E-state index is 0.111. The summed E-state index contributed by atoms with van der Waals surface area (Å²) in [5, 5.41) is 0.556. The van der Waals surface area contributed by atoms with Crippen LogP contribution < -0.4 is 5.73 Å². The van der Waals surface area contributed by atoms with Gasteiger partial charge in [0.05, 0.1) is 21.7 Å². The highest BCUT2D eigenvalue weighted by atomic mass is 35.5. The number of nitrogen functional groups attached to an aromatic ring is 1. The van der Waals surface area contributed by atoms with E-state index in [9.17, 15) is 0 Å². The van der Waals surface area contributed by atoms with Crippen LogP contribution in [0.1, 0.15) is 20.8 Å². The van der Waals surface area contributed by atoms with Crippen molar-refractivity contribution in [2.24, 2.45) is 0 Å². The zero-order chi connectivity index (χ0) is 15.2. The van der Waals surface area contributed by atoms with E-state index in [1.165, 1.54) is 0 Å². The number of fused-ring (bicyclic) bond motifs is 1. The van der Waals surface area contributed by atoms with Crippen molar-refractivity contribution in [1.82, 2.24) is 9.55 Å². The molecule has 0 radical (unpaired) electrons. The second-order valence-corrected chi connectivity index (χ2v) is 6.54. The van der Waals surface area contributed by atoms with Crippen LogP contribution in [0.3, 0.4) is 0 Å². The number of halogens is 1. The molecule has 3 nitrogen and oxygen atoms in total. The third-order valence-corrected chi connectivity index (χ3v) is 3.86. The van der Waals surface area contributed by atoms with Crippen molar-refractivity contribution in [2.45, 2.75) is 26.3 Å².